The van der Waals surface area contributed by atoms with E-state index in [9.17, 15) is 18.0 Å². The number of carbonyl (C=O) groups excluding carboxylic acids is 1. The zero-order valence-corrected chi connectivity index (χ0v) is 21.4. The number of alkyl halides is 3. The molecule has 0 radical (unpaired) electrons. The number of anilines is 3. The van der Waals surface area contributed by atoms with E-state index in [2.05, 4.69) is 10.3 Å². The van der Waals surface area contributed by atoms with E-state index in [1.165, 1.54) is 12.3 Å². The zero-order chi connectivity index (χ0) is 27.0. The molecule has 7 nitrogen and oxygen atoms in total. The van der Waals surface area contributed by atoms with Gasteiger partial charge in [-0.1, -0.05) is 26.0 Å². The maximum absolute atomic E-state index is 13.6. The van der Waals surface area contributed by atoms with Crippen LogP contribution < -0.4 is 16.0 Å². The molecule has 0 fully saturated rings. The van der Waals surface area contributed by atoms with Crippen LogP contribution in [0.2, 0.25) is 0 Å². The van der Waals surface area contributed by atoms with Crippen molar-refractivity contribution in [2.24, 2.45) is 5.73 Å². The van der Waals surface area contributed by atoms with Crippen LogP contribution in [-0.4, -0.2) is 33.9 Å². The summed E-state index contributed by atoms with van der Waals surface area (Å²) in [5, 5.41) is 3.37. The molecule has 0 atom stereocenters. The summed E-state index contributed by atoms with van der Waals surface area (Å²) in [6, 6.07) is 9.77. The van der Waals surface area contributed by atoms with Crippen molar-refractivity contribution in [1.29, 1.82) is 0 Å². The summed E-state index contributed by atoms with van der Waals surface area (Å²) in [4.78, 5) is 27.1. The molecule has 0 saturated carbocycles. The summed E-state index contributed by atoms with van der Waals surface area (Å²) in [6.45, 7) is 8.25. The van der Waals surface area contributed by atoms with Crippen molar-refractivity contribution in [1.82, 2.24) is 15.0 Å². The first-order valence-corrected chi connectivity index (χ1v) is 12.2. The number of nitrogens with zero attached hydrogens (tertiary/aromatic N) is 4. The summed E-state index contributed by atoms with van der Waals surface area (Å²) in [5.41, 5.74) is 7.25. The Hall–Kier alpha value is -3.69. The molecule has 0 aliphatic carbocycles. The highest BCUT2D eigenvalue weighted by molar-refractivity contribution is 5.85. The smallest absolute Gasteiger partial charge is 0.369 e. The monoisotopic (exact) mass is 512 g/mol. The standard InChI is InChI=1S/C27H31F3N6O/c1-16(2)22-34-21-12-15-36(24-20(27(28,29)30)6-5-13-32-24)14-11-19(21)23(35-22)33-18-9-7-17(8-10-18)26(3,4)25(31)37/h5-10,13,16H,11-12,14-15H2,1-4H3,(H2,31,37)(H,33,34,35). The number of fused-ring (bicyclic) bond motifs is 1. The number of benzene rings is 1. The van der Waals surface area contributed by atoms with E-state index in [1.54, 1.807) is 18.7 Å². The van der Waals surface area contributed by atoms with Gasteiger partial charge >= 0.3 is 6.18 Å². The number of aromatic nitrogens is 3. The largest absolute Gasteiger partial charge is 0.419 e. The van der Waals surface area contributed by atoms with Gasteiger partial charge < -0.3 is 16.0 Å². The second kappa shape index (κ2) is 9.99. The van der Waals surface area contributed by atoms with Gasteiger partial charge in [-0.2, -0.15) is 13.2 Å². The van der Waals surface area contributed by atoms with Gasteiger partial charge in [0.1, 0.15) is 17.5 Å². The molecule has 10 heteroatoms. The molecule has 1 aromatic carbocycles. The average Bonchev–Trinajstić information content (AvgIpc) is 3.06. The minimum atomic E-state index is -4.49. The van der Waals surface area contributed by atoms with E-state index in [0.29, 0.717) is 37.6 Å². The van der Waals surface area contributed by atoms with Crippen LogP contribution in [0, 0.1) is 0 Å². The van der Waals surface area contributed by atoms with Crippen LogP contribution in [0.5, 0.6) is 0 Å². The number of carbonyl (C=O) groups is 1. The minimum Gasteiger partial charge on any atom is -0.369 e. The van der Waals surface area contributed by atoms with Crippen molar-refractivity contribution in [2.75, 3.05) is 23.3 Å². The Bertz CT molecular complexity index is 1290. The number of hydrogen-bond donors (Lipinski definition) is 2. The van der Waals surface area contributed by atoms with Gasteiger partial charge in [-0.15, -0.1) is 0 Å². The van der Waals surface area contributed by atoms with E-state index < -0.39 is 23.1 Å². The van der Waals surface area contributed by atoms with Crippen LogP contribution >= 0.6 is 0 Å². The van der Waals surface area contributed by atoms with Gasteiger partial charge in [0.25, 0.3) is 0 Å². The van der Waals surface area contributed by atoms with Gasteiger partial charge in [-0.05, 0) is 50.1 Å². The topological polar surface area (TPSA) is 97.0 Å². The molecular weight excluding hydrogens is 481 g/mol. The molecule has 1 amide bonds. The van der Waals surface area contributed by atoms with E-state index >= 15 is 0 Å². The SMILES string of the molecule is CC(C)c1nc2c(c(Nc3ccc(C(C)(C)C(N)=O)cc3)n1)CCN(c1ncccc1C(F)(F)F)CC2. The van der Waals surface area contributed by atoms with E-state index in [4.69, 9.17) is 15.7 Å². The first-order valence-electron chi connectivity index (χ1n) is 12.2. The Morgan fingerprint density at radius 2 is 1.73 bits per heavy atom. The number of hydrogen-bond acceptors (Lipinski definition) is 6. The maximum atomic E-state index is 13.6. The van der Waals surface area contributed by atoms with Gasteiger partial charge in [-0.25, -0.2) is 15.0 Å². The molecule has 3 N–H and O–H groups in total. The first kappa shape index (κ1) is 26.4. The number of nitrogens with one attached hydrogen (secondary N) is 1. The van der Waals surface area contributed by atoms with Crippen LogP contribution in [0.1, 0.15) is 61.8 Å². The Morgan fingerprint density at radius 3 is 2.35 bits per heavy atom. The third-order valence-corrected chi connectivity index (χ3v) is 6.75. The maximum Gasteiger partial charge on any atom is 0.419 e. The van der Waals surface area contributed by atoms with Crippen molar-refractivity contribution in [3.63, 3.8) is 0 Å². The molecule has 4 rings (SSSR count). The molecule has 37 heavy (non-hydrogen) atoms. The zero-order valence-electron chi connectivity index (χ0n) is 21.4. The van der Waals surface area contributed by atoms with Crippen LogP contribution in [-0.2, 0) is 29.2 Å². The molecule has 3 heterocycles. The van der Waals surface area contributed by atoms with Gasteiger partial charge in [0.05, 0.1) is 16.7 Å². The van der Waals surface area contributed by atoms with E-state index in [-0.39, 0.29) is 11.7 Å². The predicted octanol–water partition coefficient (Wildman–Crippen LogP) is 5.13. The summed E-state index contributed by atoms with van der Waals surface area (Å²) in [7, 11) is 0. The minimum absolute atomic E-state index is 0.0663. The van der Waals surface area contributed by atoms with Crippen molar-refractivity contribution in [2.45, 2.75) is 58.0 Å². The lowest BCUT2D eigenvalue weighted by atomic mass is 9.84. The number of halogens is 3. The highest BCUT2D eigenvalue weighted by Gasteiger charge is 2.36. The number of rotatable bonds is 6. The number of amides is 1. The van der Waals surface area contributed by atoms with E-state index in [0.717, 1.165) is 28.6 Å². The molecular formula is C27H31F3N6O. The first-order chi connectivity index (χ1) is 17.4. The molecule has 0 saturated heterocycles. The Kier molecular flexibility index (Phi) is 7.12. The molecule has 0 spiro atoms. The molecule has 2 aromatic heterocycles. The molecule has 1 aliphatic rings. The van der Waals surface area contributed by atoms with Crippen LogP contribution in [0.15, 0.2) is 42.6 Å². The third-order valence-electron chi connectivity index (χ3n) is 6.75. The highest BCUT2D eigenvalue weighted by atomic mass is 19.4. The fourth-order valence-corrected chi connectivity index (χ4v) is 4.31. The van der Waals surface area contributed by atoms with Crippen molar-refractivity contribution in [3.8, 4) is 0 Å². The molecule has 1 aliphatic heterocycles. The van der Waals surface area contributed by atoms with Crippen molar-refractivity contribution < 1.29 is 18.0 Å². The third kappa shape index (κ3) is 5.52. The Labute approximate surface area is 214 Å². The Balaban J connectivity index is 1.65. The van der Waals surface area contributed by atoms with Gasteiger partial charge in [0.2, 0.25) is 5.91 Å². The summed E-state index contributed by atoms with van der Waals surface area (Å²) in [6.07, 6.45) is -2.19. The van der Waals surface area contributed by atoms with Crippen LogP contribution in [0.3, 0.4) is 0 Å². The van der Waals surface area contributed by atoms with Crippen molar-refractivity contribution >= 4 is 23.2 Å². The molecule has 0 unspecified atom stereocenters. The average molecular weight is 513 g/mol. The fraction of sp³-hybridized carbons (Fsp3) is 0.407. The second-order valence-corrected chi connectivity index (χ2v) is 10.1. The number of primary amides is 1. The van der Waals surface area contributed by atoms with Crippen LogP contribution in [0.4, 0.5) is 30.5 Å². The van der Waals surface area contributed by atoms with Gasteiger partial charge in [0, 0.05) is 42.9 Å². The van der Waals surface area contributed by atoms with E-state index in [1.807, 2.05) is 38.1 Å². The number of pyridine rings is 1. The van der Waals surface area contributed by atoms with Gasteiger partial charge in [0.15, 0.2) is 0 Å². The fourth-order valence-electron chi connectivity index (χ4n) is 4.31. The molecule has 0 bridgehead atoms. The van der Waals surface area contributed by atoms with Crippen molar-refractivity contribution in [3.05, 3.63) is 70.8 Å². The Morgan fingerprint density at radius 1 is 1.05 bits per heavy atom. The molecule has 3 aromatic rings. The lowest BCUT2D eigenvalue weighted by Gasteiger charge is -2.24. The normalized spacial score (nSPS) is 14.3. The predicted molar refractivity (Wildman–Crippen MR) is 137 cm³/mol. The lowest BCUT2D eigenvalue weighted by molar-refractivity contribution is -0.137. The summed E-state index contributed by atoms with van der Waals surface area (Å²) < 4.78 is 40.9. The van der Waals surface area contributed by atoms with Gasteiger partial charge in [-0.3, -0.25) is 4.79 Å². The summed E-state index contributed by atoms with van der Waals surface area (Å²) >= 11 is 0. The summed E-state index contributed by atoms with van der Waals surface area (Å²) in [5.74, 6) is 0.880. The highest BCUT2D eigenvalue weighted by Crippen LogP contribution is 2.36. The molecule has 196 valence electrons. The number of nitrogens with two attached hydrogens (primary N) is 1. The lowest BCUT2D eigenvalue weighted by Crippen LogP contribution is -2.35. The second-order valence-electron chi connectivity index (χ2n) is 10.1. The van der Waals surface area contributed by atoms with Crippen LogP contribution in [0.25, 0.3) is 0 Å². The quantitative estimate of drug-likeness (QED) is 0.476.